The zero-order valence-electron chi connectivity index (χ0n) is 13.0. The van der Waals surface area contributed by atoms with Gasteiger partial charge in [-0.25, -0.2) is 4.98 Å². The number of halogens is 2. The molecule has 0 fully saturated rings. The average Bonchev–Trinajstić information content (AvgIpc) is 2.60. The van der Waals surface area contributed by atoms with Crippen molar-refractivity contribution in [3.63, 3.8) is 0 Å². The number of carbonyl (C=O) groups is 3. The Hall–Kier alpha value is -2.44. The first-order valence-electron chi connectivity index (χ1n) is 7.30. The monoisotopic (exact) mass is 380 g/mol. The molecule has 25 heavy (non-hydrogen) atoms. The highest BCUT2D eigenvalue weighted by atomic mass is 35.5. The van der Waals surface area contributed by atoms with Crippen molar-refractivity contribution in [2.75, 3.05) is 11.9 Å². The Morgan fingerprint density at radius 1 is 0.960 bits per heavy atom. The molecule has 0 saturated carbocycles. The second kappa shape index (κ2) is 9.15. The number of anilines is 1. The molecule has 1 N–H and O–H groups in total. The number of Topliss-reactive ketones (excluding diaryl/α,β-unsaturated/α-hetero) is 1. The maximum Gasteiger partial charge on any atom is 0.306 e. The van der Waals surface area contributed by atoms with E-state index in [1.165, 1.54) is 12.3 Å². The zero-order chi connectivity index (χ0) is 18.2. The molecule has 0 atom stereocenters. The van der Waals surface area contributed by atoms with Crippen LogP contribution in [0.25, 0.3) is 0 Å². The Balaban J connectivity index is 1.71. The van der Waals surface area contributed by atoms with E-state index in [-0.39, 0.29) is 18.6 Å². The third-order valence-electron chi connectivity index (χ3n) is 3.08. The van der Waals surface area contributed by atoms with E-state index in [9.17, 15) is 14.4 Å². The van der Waals surface area contributed by atoms with Crippen LogP contribution in [0, 0.1) is 0 Å². The molecule has 0 aliphatic heterocycles. The highest BCUT2D eigenvalue weighted by Crippen LogP contribution is 2.12. The molecule has 8 heteroatoms. The van der Waals surface area contributed by atoms with E-state index in [2.05, 4.69) is 10.3 Å². The summed E-state index contributed by atoms with van der Waals surface area (Å²) in [6.45, 7) is -0.460. The van der Waals surface area contributed by atoms with Gasteiger partial charge in [0.1, 0.15) is 5.82 Å². The van der Waals surface area contributed by atoms with Gasteiger partial charge in [0.05, 0.1) is 11.4 Å². The minimum Gasteiger partial charge on any atom is -0.456 e. The first kappa shape index (κ1) is 18.9. The molecule has 6 nitrogen and oxygen atoms in total. The molecule has 0 spiro atoms. The SMILES string of the molecule is O=C(COC(=O)CCC(=O)c1ccc(Cl)cc1)Nc1ccc(Cl)cn1. The van der Waals surface area contributed by atoms with E-state index in [0.717, 1.165) is 0 Å². The molecule has 130 valence electrons. The number of esters is 1. The van der Waals surface area contributed by atoms with Crippen LogP contribution in [0.3, 0.4) is 0 Å². The van der Waals surface area contributed by atoms with Crippen LogP contribution in [0.1, 0.15) is 23.2 Å². The highest BCUT2D eigenvalue weighted by molar-refractivity contribution is 6.30. The summed E-state index contributed by atoms with van der Waals surface area (Å²) in [5.41, 5.74) is 0.462. The summed E-state index contributed by atoms with van der Waals surface area (Å²) in [7, 11) is 0. The summed E-state index contributed by atoms with van der Waals surface area (Å²) in [6.07, 6.45) is 1.25. The van der Waals surface area contributed by atoms with Crippen LogP contribution in [0.2, 0.25) is 10.0 Å². The lowest BCUT2D eigenvalue weighted by molar-refractivity contribution is -0.147. The molecule has 2 rings (SSSR count). The van der Waals surface area contributed by atoms with Gasteiger partial charge in [-0.05, 0) is 36.4 Å². The second-order valence-corrected chi connectivity index (χ2v) is 5.87. The number of ketones is 1. The van der Waals surface area contributed by atoms with Crippen LogP contribution in [0.15, 0.2) is 42.6 Å². The van der Waals surface area contributed by atoms with Crippen LogP contribution in [0.5, 0.6) is 0 Å². The maximum absolute atomic E-state index is 11.9. The third-order valence-corrected chi connectivity index (χ3v) is 3.56. The number of pyridine rings is 1. The van der Waals surface area contributed by atoms with Gasteiger partial charge in [-0.3, -0.25) is 14.4 Å². The van der Waals surface area contributed by atoms with E-state index in [0.29, 0.717) is 21.4 Å². The van der Waals surface area contributed by atoms with Crippen molar-refractivity contribution in [3.05, 3.63) is 58.2 Å². The molecule has 0 radical (unpaired) electrons. The van der Waals surface area contributed by atoms with Crippen LogP contribution in [0.4, 0.5) is 5.82 Å². The Morgan fingerprint density at radius 2 is 1.64 bits per heavy atom. The molecule has 0 aliphatic carbocycles. The Labute approximate surface area is 154 Å². The molecule has 0 saturated heterocycles. The summed E-state index contributed by atoms with van der Waals surface area (Å²) < 4.78 is 4.83. The Morgan fingerprint density at radius 3 is 2.28 bits per heavy atom. The maximum atomic E-state index is 11.9. The van der Waals surface area contributed by atoms with Crippen molar-refractivity contribution >= 4 is 46.7 Å². The molecule has 0 unspecified atom stereocenters. The lowest BCUT2D eigenvalue weighted by Crippen LogP contribution is -2.21. The van der Waals surface area contributed by atoms with Crippen molar-refractivity contribution in [2.24, 2.45) is 0 Å². The van der Waals surface area contributed by atoms with Gasteiger partial charge in [0.15, 0.2) is 12.4 Å². The number of nitrogens with zero attached hydrogens (tertiary/aromatic N) is 1. The number of rotatable bonds is 7. The summed E-state index contributed by atoms with van der Waals surface area (Å²) in [4.78, 5) is 39.1. The fraction of sp³-hybridized carbons (Fsp3) is 0.176. The van der Waals surface area contributed by atoms with Crippen molar-refractivity contribution in [1.29, 1.82) is 0 Å². The van der Waals surface area contributed by atoms with Gasteiger partial charge in [0.2, 0.25) is 0 Å². The van der Waals surface area contributed by atoms with E-state index in [1.54, 1.807) is 30.3 Å². The van der Waals surface area contributed by atoms with Gasteiger partial charge in [-0.2, -0.15) is 0 Å². The Bertz CT molecular complexity index is 761. The fourth-order valence-electron chi connectivity index (χ4n) is 1.84. The van der Waals surface area contributed by atoms with Crippen LogP contribution >= 0.6 is 23.2 Å². The molecule has 1 aromatic carbocycles. The van der Waals surface area contributed by atoms with E-state index in [1.807, 2.05) is 0 Å². The molecule has 0 aliphatic rings. The lowest BCUT2D eigenvalue weighted by atomic mass is 10.1. The number of aromatic nitrogens is 1. The lowest BCUT2D eigenvalue weighted by Gasteiger charge is -2.06. The zero-order valence-corrected chi connectivity index (χ0v) is 14.5. The van der Waals surface area contributed by atoms with Crippen molar-refractivity contribution < 1.29 is 19.1 Å². The summed E-state index contributed by atoms with van der Waals surface area (Å²) in [5.74, 6) is -1.08. The molecular formula is C17H14Cl2N2O4. The Kier molecular flexibility index (Phi) is 6.91. The number of nitrogens with one attached hydrogen (secondary N) is 1. The predicted molar refractivity (Wildman–Crippen MR) is 93.9 cm³/mol. The third kappa shape index (κ3) is 6.52. The van der Waals surface area contributed by atoms with Crippen LogP contribution < -0.4 is 5.32 Å². The van der Waals surface area contributed by atoms with Gasteiger partial charge in [0, 0.05) is 23.2 Å². The highest BCUT2D eigenvalue weighted by Gasteiger charge is 2.12. The van der Waals surface area contributed by atoms with Crippen LogP contribution in [-0.4, -0.2) is 29.3 Å². The predicted octanol–water partition coefficient (Wildman–Crippen LogP) is 3.53. The quantitative estimate of drug-likeness (QED) is 0.586. The van der Waals surface area contributed by atoms with Gasteiger partial charge >= 0.3 is 5.97 Å². The number of ether oxygens (including phenoxy) is 1. The summed E-state index contributed by atoms with van der Waals surface area (Å²) in [5, 5.41) is 3.42. The van der Waals surface area contributed by atoms with Gasteiger partial charge < -0.3 is 10.1 Å². The fourth-order valence-corrected chi connectivity index (χ4v) is 2.08. The topological polar surface area (TPSA) is 85.4 Å². The van der Waals surface area contributed by atoms with Gasteiger partial charge in [-0.1, -0.05) is 23.2 Å². The van der Waals surface area contributed by atoms with E-state index in [4.69, 9.17) is 27.9 Å². The number of hydrogen-bond donors (Lipinski definition) is 1. The molecule has 0 bridgehead atoms. The number of benzene rings is 1. The normalized spacial score (nSPS) is 10.2. The van der Waals surface area contributed by atoms with Gasteiger partial charge in [-0.15, -0.1) is 0 Å². The number of hydrogen-bond acceptors (Lipinski definition) is 5. The van der Waals surface area contributed by atoms with E-state index >= 15 is 0 Å². The average molecular weight is 381 g/mol. The molecule has 1 aromatic heterocycles. The van der Waals surface area contributed by atoms with Crippen molar-refractivity contribution in [2.45, 2.75) is 12.8 Å². The standard InChI is InChI=1S/C17H14Cl2N2O4/c18-12-3-1-11(2-4-12)14(22)6-8-17(24)25-10-16(23)21-15-7-5-13(19)9-20-15/h1-5,7,9H,6,8,10H2,(H,20,21,23). The summed E-state index contributed by atoms with van der Waals surface area (Å²) >= 11 is 11.4. The van der Waals surface area contributed by atoms with Crippen LogP contribution in [-0.2, 0) is 14.3 Å². The molecular weight excluding hydrogens is 367 g/mol. The van der Waals surface area contributed by atoms with Crippen molar-refractivity contribution in [3.8, 4) is 0 Å². The first-order chi connectivity index (χ1) is 11.9. The molecule has 1 amide bonds. The first-order valence-corrected chi connectivity index (χ1v) is 8.05. The number of amides is 1. The molecule has 1 heterocycles. The number of carbonyl (C=O) groups excluding carboxylic acids is 3. The van der Waals surface area contributed by atoms with E-state index < -0.39 is 18.5 Å². The second-order valence-electron chi connectivity index (χ2n) is 5.00. The van der Waals surface area contributed by atoms with Gasteiger partial charge in [0.25, 0.3) is 5.91 Å². The largest absolute Gasteiger partial charge is 0.456 e. The van der Waals surface area contributed by atoms with Crippen molar-refractivity contribution in [1.82, 2.24) is 4.98 Å². The minimum atomic E-state index is -0.637. The molecule has 2 aromatic rings. The minimum absolute atomic E-state index is 0.0131. The smallest absolute Gasteiger partial charge is 0.306 e. The summed E-state index contributed by atoms with van der Waals surface area (Å²) in [6, 6.07) is 9.46.